The Hall–Kier alpha value is -1.98. The highest BCUT2D eigenvalue weighted by molar-refractivity contribution is 5.78. The Morgan fingerprint density at radius 2 is 2.48 bits per heavy atom. The van der Waals surface area contributed by atoms with Gasteiger partial charge in [-0.3, -0.25) is 14.4 Å². The lowest BCUT2D eigenvalue weighted by molar-refractivity contribution is -0.133. The first kappa shape index (κ1) is 15.4. The van der Waals surface area contributed by atoms with Crippen LogP contribution in [0.1, 0.15) is 6.42 Å². The van der Waals surface area contributed by atoms with E-state index in [1.54, 1.807) is 23.0 Å². The van der Waals surface area contributed by atoms with Gasteiger partial charge in [-0.2, -0.15) is 10.4 Å². The summed E-state index contributed by atoms with van der Waals surface area (Å²) >= 11 is 0. The second-order valence-corrected chi connectivity index (χ2v) is 5.07. The van der Waals surface area contributed by atoms with Crippen molar-refractivity contribution in [3.8, 4) is 6.07 Å². The largest absolute Gasteiger partial charge is 0.374 e. The molecule has 2 rings (SSSR count). The van der Waals surface area contributed by atoms with Crippen molar-refractivity contribution in [2.24, 2.45) is 0 Å². The molecule has 0 bridgehead atoms. The van der Waals surface area contributed by atoms with E-state index in [9.17, 15) is 4.79 Å². The summed E-state index contributed by atoms with van der Waals surface area (Å²) in [6.07, 6.45) is 3.52. The van der Waals surface area contributed by atoms with Gasteiger partial charge in [0.15, 0.2) is 0 Å². The van der Waals surface area contributed by atoms with Crippen molar-refractivity contribution < 1.29 is 9.53 Å². The number of carbonyl (C=O) groups is 1. The topological polar surface area (TPSA) is 87.3 Å². The maximum atomic E-state index is 12.0. The number of hydrogen-bond donors (Lipinski definition) is 0. The van der Waals surface area contributed by atoms with Gasteiger partial charge in [-0.15, -0.1) is 0 Å². The van der Waals surface area contributed by atoms with Crippen LogP contribution in [0.4, 0.5) is 0 Å². The summed E-state index contributed by atoms with van der Waals surface area (Å²) < 4.78 is 7.42. The molecule has 1 fully saturated rings. The van der Waals surface area contributed by atoms with E-state index in [0.717, 1.165) is 6.54 Å². The molecule has 0 aromatic carbocycles. The van der Waals surface area contributed by atoms with E-state index in [1.165, 1.54) is 6.33 Å². The fourth-order valence-electron chi connectivity index (χ4n) is 2.22. The van der Waals surface area contributed by atoms with Crippen LogP contribution in [-0.4, -0.2) is 76.4 Å². The second kappa shape index (κ2) is 7.71. The number of amides is 1. The molecule has 1 aliphatic rings. The normalized spacial score (nSPS) is 19.1. The van der Waals surface area contributed by atoms with Crippen molar-refractivity contribution >= 4 is 5.91 Å². The predicted octanol–water partition coefficient (Wildman–Crippen LogP) is -0.649. The molecule has 0 saturated carbocycles. The minimum atomic E-state index is 0.0117. The van der Waals surface area contributed by atoms with Gasteiger partial charge in [0.1, 0.15) is 12.7 Å². The number of carbonyl (C=O) groups excluding carboxylic acids is 1. The third-order valence-electron chi connectivity index (χ3n) is 3.42. The molecule has 8 nitrogen and oxygen atoms in total. The number of ether oxygens (including phenoxy) is 1. The third kappa shape index (κ3) is 4.81. The van der Waals surface area contributed by atoms with Crippen molar-refractivity contribution in [2.75, 3.05) is 39.8 Å². The van der Waals surface area contributed by atoms with Gasteiger partial charge in [0.2, 0.25) is 5.91 Å². The molecule has 1 amide bonds. The molecule has 1 aliphatic heterocycles. The number of rotatable bonds is 6. The van der Waals surface area contributed by atoms with Gasteiger partial charge in [-0.05, 0) is 0 Å². The van der Waals surface area contributed by atoms with Crippen LogP contribution in [0, 0.1) is 11.3 Å². The Labute approximate surface area is 123 Å². The highest BCUT2D eigenvalue weighted by atomic mass is 16.5. The van der Waals surface area contributed by atoms with Crippen molar-refractivity contribution in [1.82, 2.24) is 24.6 Å². The monoisotopic (exact) mass is 292 g/mol. The summed E-state index contributed by atoms with van der Waals surface area (Å²) in [5.74, 6) is 0.0339. The second-order valence-electron chi connectivity index (χ2n) is 5.07. The summed E-state index contributed by atoms with van der Waals surface area (Å²) in [5, 5.41) is 12.6. The molecule has 0 radical (unpaired) electrons. The van der Waals surface area contributed by atoms with Gasteiger partial charge in [-0.25, -0.2) is 4.98 Å². The highest BCUT2D eigenvalue weighted by Gasteiger charge is 2.23. The van der Waals surface area contributed by atoms with Gasteiger partial charge in [-0.1, -0.05) is 0 Å². The number of hydrogen-bond acceptors (Lipinski definition) is 6. The zero-order valence-electron chi connectivity index (χ0n) is 12.2. The number of aromatic nitrogens is 3. The summed E-state index contributed by atoms with van der Waals surface area (Å²) in [6.45, 7) is 3.51. The average molecular weight is 292 g/mol. The lowest BCUT2D eigenvalue weighted by Gasteiger charge is -2.33. The van der Waals surface area contributed by atoms with Gasteiger partial charge in [0.05, 0.1) is 38.3 Å². The molecule has 1 atom stereocenters. The van der Waals surface area contributed by atoms with Crippen molar-refractivity contribution in [3.63, 3.8) is 0 Å². The smallest absolute Gasteiger partial charge is 0.236 e. The van der Waals surface area contributed by atoms with Crippen LogP contribution in [0.15, 0.2) is 12.7 Å². The zero-order chi connectivity index (χ0) is 15.1. The molecule has 1 saturated heterocycles. The van der Waals surface area contributed by atoms with E-state index in [4.69, 9.17) is 10.00 Å². The molecule has 0 unspecified atom stereocenters. The molecular weight excluding hydrogens is 272 g/mol. The van der Waals surface area contributed by atoms with Gasteiger partial charge in [0, 0.05) is 26.7 Å². The first-order chi connectivity index (χ1) is 10.2. The number of morpholine rings is 1. The van der Waals surface area contributed by atoms with Crippen molar-refractivity contribution in [1.29, 1.82) is 5.26 Å². The first-order valence-corrected chi connectivity index (χ1v) is 6.96. The maximum Gasteiger partial charge on any atom is 0.236 e. The quantitative estimate of drug-likeness (QED) is 0.692. The molecule has 21 heavy (non-hydrogen) atoms. The number of likely N-dealkylation sites (N-methyl/N-ethyl adjacent to an activating group) is 1. The minimum Gasteiger partial charge on any atom is -0.374 e. The Morgan fingerprint density at radius 3 is 3.19 bits per heavy atom. The Balaban J connectivity index is 1.78. The van der Waals surface area contributed by atoms with Gasteiger partial charge < -0.3 is 9.64 Å². The molecule has 0 spiro atoms. The van der Waals surface area contributed by atoms with E-state index >= 15 is 0 Å². The summed E-state index contributed by atoms with van der Waals surface area (Å²) in [7, 11) is 1.73. The van der Waals surface area contributed by atoms with E-state index in [1.807, 2.05) is 6.07 Å². The van der Waals surface area contributed by atoms with Crippen LogP contribution >= 0.6 is 0 Å². The summed E-state index contributed by atoms with van der Waals surface area (Å²) in [4.78, 5) is 19.6. The minimum absolute atomic E-state index is 0.0117. The van der Waals surface area contributed by atoms with Crippen LogP contribution in [0.25, 0.3) is 0 Å². The average Bonchev–Trinajstić information content (AvgIpc) is 2.98. The third-order valence-corrected chi connectivity index (χ3v) is 3.42. The van der Waals surface area contributed by atoms with Crippen LogP contribution in [-0.2, 0) is 16.1 Å². The lowest BCUT2D eigenvalue weighted by Crippen LogP contribution is -2.48. The number of nitrogens with zero attached hydrogens (tertiary/aromatic N) is 6. The van der Waals surface area contributed by atoms with Gasteiger partial charge >= 0.3 is 0 Å². The Morgan fingerprint density at radius 1 is 1.62 bits per heavy atom. The van der Waals surface area contributed by atoms with Crippen LogP contribution in [0.2, 0.25) is 0 Å². The van der Waals surface area contributed by atoms with Crippen molar-refractivity contribution in [2.45, 2.75) is 19.1 Å². The van der Waals surface area contributed by atoms with E-state index in [2.05, 4.69) is 15.0 Å². The van der Waals surface area contributed by atoms with Crippen molar-refractivity contribution in [3.05, 3.63) is 12.7 Å². The summed E-state index contributed by atoms with van der Waals surface area (Å²) in [6, 6.07) is 2.05. The molecule has 2 heterocycles. The van der Waals surface area contributed by atoms with E-state index in [-0.39, 0.29) is 12.0 Å². The summed E-state index contributed by atoms with van der Waals surface area (Å²) in [5.41, 5.74) is 0. The fourth-order valence-corrected chi connectivity index (χ4v) is 2.22. The lowest BCUT2D eigenvalue weighted by atomic mass is 10.2. The van der Waals surface area contributed by atoms with Crippen LogP contribution in [0.3, 0.4) is 0 Å². The zero-order valence-corrected chi connectivity index (χ0v) is 12.2. The molecule has 0 aliphatic carbocycles. The molecule has 0 N–H and O–H groups in total. The standard InChI is InChI=1S/C13H20N6O2/c1-17(4-2-3-14)13(20)9-18-5-6-21-12(7-18)8-19-11-15-10-16-19/h10-12H,2,4-9H2,1H3/t12-/m0/s1. The van der Waals surface area contributed by atoms with Crippen LogP contribution in [0.5, 0.6) is 0 Å². The molecule has 8 heteroatoms. The van der Waals surface area contributed by atoms with E-state index in [0.29, 0.717) is 39.2 Å². The molecule has 1 aromatic heterocycles. The van der Waals surface area contributed by atoms with Crippen LogP contribution < -0.4 is 0 Å². The molecular formula is C13H20N6O2. The Bertz CT molecular complexity index is 483. The first-order valence-electron chi connectivity index (χ1n) is 6.96. The van der Waals surface area contributed by atoms with E-state index < -0.39 is 0 Å². The SMILES string of the molecule is CN(CCC#N)C(=O)CN1CCO[C@H](Cn2cncn2)C1. The predicted molar refractivity (Wildman–Crippen MR) is 74.1 cm³/mol. The fraction of sp³-hybridized carbons (Fsp3) is 0.692. The molecule has 1 aromatic rings. The van der Waals surface area contributed by atoms with Gasteiger partial charge in [0.25, 0.3) is 0 Å². The Kier molecular flexibility index (Phi) is 5.66. The molecule has 114 valence electrons. The number of nitriles is 1. The maximum absolute atomic E-state index is 12.0. The highest BCUT2D eigenvalue weighted by Crippen LogP contribution is 2.07.